The van der Waals surface area contributed by atoms with Gasteiger partial charge < -0.3 is 14.7 Å². The fourth-order valence-corrected chi connectivity index (χ4v) is 1.49. The maximum absolute atomic E-state index is 10.9. The van der Waals surface area contributed by atoms with Crippen molar-refractivity contribution in [2.45, 2.75) is 26.7 Å². The molecule has 2 N–H and O–H groups in total. The monoisotopic (exact) mass is 256 g/mol. The topological polar surface area (TPSA) is 79.1 Å². The Bertz CT molecular complexity index is 369. The maximum Gasteiger partial charge on any atom is 0.283 e. The number of hydrogen-bond acceptors (Lipinski definition) is 5. The van der Waals surface area contributed by atoms with Crippen molar-refractivity contribution in [2.24, 2.45) is 5.92 Å². The van der Waals surface area contributed by atoms with Gasteiger partial charge in [-0.15, -0.1) is 0 Å². The van der Waals surface area contributed by atoms with E-state index in [0.717, 1.165) is 12.8 Å². The first-order valence-electron chi connectivity index (χ1n) is 5.95. The Kier molecular flexibility index (Phi) is 5.84. The summed E-state index contributed by atoms with van der Waals surface area (Å²) in [6.07, 6.45) is 2.03. The molecular formula is C12H20N2O4. The van der Waals surface area contributed by atoms with Crippen LogP contribution in [0.3, 0.4) is 0 Å². The van der Waals surface area contributed by atoms with Crippen molar-refractivity contribution in [1.82, 2.24) is 4.98 Å². The molecule has 0 aliphatic heterocycles. The first kappa shape index (κ1) is 14.7. The Balaban J connectivity index is 2.57. The molecule has 0 aromatic carbocycles. The Hall–Kier alpha value is -1.37. The van der Waals surface area contributed by atoms with Crippen molar-refractivity contribution in [3.63, 3.8) is 0 Å². The number of nitrogens with one attached hydrogen (secondary N) is 1. The van der Waals surface area contributed by atoms with E-state index in [1.54, 1.807) is 6.07 Å². The van der Waals surface area contributed by atoms with Crippen LogP contribution < -0.4 is 14.7 Å². The highest BCUT2D eigenvalue weighted by molar-refractivity contribution is 5.42. The number of rotatable bonds is 7. The second kappa shape index (κ2) is 7.15. The largest absolute Gasteiger partial charge is 0.595 e. The Morgan fingerprint density at radius 3 is 2.72 bits per heavy atom. The quantitative estimate of drug-likeness (QED) is 0.568. The van der Waals surface area contributed by atoms with E-state index in [9.17, 15) is 5.21 Å². The van der Waals surface area contributed by atoms with Gasteiger partial charge in [0.15, 0.2) is 0 Å². The smallest absolute Gasteiger partial charge is 0.283 e. The maximum atomic E-state index is 10.9. The van der Waals surface area contributed by atoms with Gasteiger partial charge in [0.25, 0.3) is 5.88 Å². The highest BCUT2D eigenvalue weighted by Gasteiger charge is 2.12. The molecule has 1 aromatic heterocycles. The minimum absolute atomic E-state index is 0.0343. The molecule has 1 unspecified atom stereocenters. The third-order valence-electron chi connectivity index (χ3n) is 2.43. The molecule has 18 heavy (non-hydrogen) atoms. The third-order valence-corrected chi connectivity index (χ3v) is 2.43. The first-order chi connectivity index (χ1) is 8.54. The van der Waals surface area contributed by atoms with Crippen LogP contribution in [0.5, 0.6) is 11.8 Å². The number of hydrogen-bond donors (Lipinski definition) is 2. The summed E-state index contributed by atoms with van der Waals surface area (Å²) in [5.74, 6) is 1.11. The van der Waals surface area contributed by atoms with E-state index in [4.69, 9.17) is 14.7 Å². The fourth-order valence-electron chi connectivity index (χ4n) is 1.49. The predicted molar refractivity (Wildman–Crippen MR) is 66.1 cm³/mol. The lowest BCUT2D eigenvalue weighted by molar-refractivity contribution is -0.991. The van der Waals surface area contributed by atoms with Crippen molar-refractivity contribution < 1.29 is 19.9 Å². The van der Waals surface area contributed by atoms with Crippen LogP contribution >= 0.6 is 0 Å². The molecule has 6 nitrogen and oxygen atoms in total. The summed E-state index contributed by atoms with van der Waals surface area (Å²) in [6.45, 7) is 4.88. The molecule has 0 aliphatic rings. The van der Waals surface area contributed by atoms with Gasteiger partial charge >= 0.3 is 0 Å². The zero-order valence-corrected chi connectivity index (χ0v) is 11.0. The molecule has 1 heterocycles. The standard InChI is InChI=1S/C12H20N2O4/c1-9(2)5-4-8-18-11-7-6-10(14(15)16)12(13-11)17-3/h6-7,9,14-15H,4-5,8H2,1-3H3. The molecule has 1 aromatic rings. The molecule has 0 aliphatic carbocycles. The third kappa shape index (κ3) is 4.48. The molecule has 0 bridgehead atoms. The van der Waals surface area contributed by atoms with E-state index in [2.05, 4.69) is 18.8 Å². The Morgan fingerprint density at radius 1 is 1.44 bits per heavy atom. The van der Waals surface area contributed by atoms with Gasteiger partial charge in [-0.2, -0.15) is 10.2 Å². The lowest BCUT2D eigenvalue weighted by Gasteiger charge is -2.14. The summed E-state index contributed by atoms with van der Waals surface area (Å²) in [6, 6.07) is 2.98. The van der Waals surface area contributed by atoms with E-state index in [-0.39, 0.29) is 11.6 Å². The first-order valence-corrected chi connectivity index (χ1v) is 5.95. The highest BCUT2D eigenvalue weighted by atomic mass is 16.8. The summed E-state index contributed by atoms with van der Waals surface area (Å²) in [5, 5.41) is 18.7. The second-order valence-electron chi connectivity index (χ2n) is 4.40. The minimum atomic E-state index is -1.06. The summed E-state index contributed by atoms with van der Waals surface area (Å²) in [5.41, 5.74) is 0.0343. The molecule has 1 atom stereocenters. The van der Waals surface area contributed by atoms with E-state index >= 15 is 0 Å². The van der Waals surface area contributed by atoms with Crippen LogP contribution in [-0.4, -0.2) is 23.9 Å². The Morgan fingerprint density at radius 2 is 2.17 bits per heavy atom. The summed E-state index contributed by atoms with van der Waals surface area (Å²) >= 11 is 0. The van der Waals surface area contributed by atoms with Crippen LogP contribution in [0, 0.1) is 11.1 Å². The lowest BCUT2D eigenvalue weighted by atomic mass is 10.1. The van der Waals surface area contributed by atoms with Crippen LogP contribution in [0.25, 0.3) is 0 Å². The second-order valence-corrected chi connectivity index (χ2v) is 4.40. The van der Waals surface area contributed by atoms with Crippen LogP contribution in [0.1, 0.15) is 26.7 Å². The summed E-state index contributed by atoms with van der Waals surface area (Å²) < 4.78 is 10.4. The van der Waals surface area contributed by atoms with Gasteiger partial charge in [-0.3, -0.25) is 0 Å². The number of aromatic nitrogens is 1. The van der Waals surface area contributed by atoms with E-state index in [0.29, 0.717) is 18.4 Å². The van der Waals surface area contributed by atoms with Crippen molar-refractivity contribution in [3.8, 4) is 11.8 Å². The van der Waals surface area contributed by atoms with E-state index in [1.807, 2.05) is 0 Å². The van der Waals surface area contributed by atoms with Crippen molar-refractivity contribution in [2.75, 3.05) is 13.7 Å². The average molecular weight is 256 g/mol. The average Bonchev–Trinajstić information content (AvgIpc) is 2.33. The van der Waals surface area contributed by atoms with Crippen LogP contribution in [0.15, 0.2) is 12.1 Å². The minimum Gasteiger partial charge on any atom is -0.595 e. The van der Waals surface area contributed by atoms with Crippen molar-refractivity contribution >= 4 is 5.69 Å². The molecule has 102 valence electrons. The lowest BCUT2D eigenvalue weighted by Crippen LogP contribution is -2.99. The van der Waals surface area contributed by atoms with Crippen molar-refractivity contribution in [3.05, 3.63) is 17.3 Å². The van der Waals surface area contributed by atoms with Gasteiger partial charge in [-0.05, 0) is 18.8 Å². The molecule has 0 amide bonds. The van der Waals surface area contributed by atoms with Gasteiger partial charge in [0, 0.05) is 12.1 Å². The molecule has 6 heteroatoms. The number of quaternary nitrogens is 1. The summed E-state index contributed by atoms with van der Waals surface area (Å²) in [4.78, 5) is 4.00. The van der Waals surface area contributed by atoms with E-state index in [1.165, 1.54) is 13.2 Å². The highest BCUT2D eigenvalue weighted by Crippen LogP contribution is 2.21. The predicted octanol–water partition coefficient (Wildman–Crippen LogP) is 1.31. The summed E-state index contributed by atoms with van der Waals surface area (Å²) in [7, 11) is 1.39. The van der Waals surface area contributed by atoms with Crippen LogP contribution in [0.4, 0.5) is 5.69 Å². The van der Waals surface area contributed by atoms with Crippen LogP contribution in [0.2, 0.25) is 0 Å². The van der Waals surface area contributed by atoms with Gasteiger partial charge in [0.1, 0.15) is 0 Å². The van der Waals surface area contributed by atoms with Gasteiger partial charge in [0.2, 0.25) is 11.6 Å². The molecule has 0 fully saturated rings. The Labute approximate surface area is 107 Å². The van der Waals surface area contributed by atoms with Gasteiger partial charge in [0.05, 0.1) is 13.7 Å². The van der Waals surface area contributed by atoms with Gasteiger partial charge in [-0.1, -0.05) is 13.8 Å². The number of ether oxygens (including phenoxy) is 2. The zero-order chi connectivity index (χ0) is 13.5. The number of nitrogens with zero attached hydrogens (tertiary/aromatic N) is 1. The molecule has 0 saturated carbocycles. The molecule has 0 radical (unpaired) electrons. The van der Waals surface area contributed by atoms with Gasteiger partial charge in [-0.25, -0.2) is 5.21 Å². The SMILES string of the molecule is COc1nc(OCCCC(C)C)ccc1[NH+]([O-])O. The molecule has 0 saturated heterocycles. The fraction of sp³-hybridized carbons (Fsp3) is 0.583. The zero-order valence-electron chi connectivity index (χ0n) is 11.0. The number of methoxy groups -OCH3 is 1. The van der Waals surface area contributed by atoms with Crippen LogP contribution in [-0.2, 0) is 0 Å². The normalized spacial score (nSPS) is 12.6. The molecular weight excluding hydrogens is 236 g/mol. The molecule has 0 spiro atoms. The van der Waals surface area contributed by atoms with Crippen molar-refractivity contribution in [1.29, 1.82) is 0 Å². The van der Waals surface area contributed by atoms with E-state index < -0.39 is 5.23 Å². The molecule has 1 rings (SSSR count). The number of pyridine rings is 1.